The Labute approximate surface area is 99.1 Å². The highest BCUT2D eigenvalue weighted by Gasteiger charge is 2.14. The van der Waals surface area contributed by atoms with Crippen LogP contribution in [0.25, 0.3) is 0 Å². The number of phenols is 1. The zero-order valence-electron chi connectivity index (χ0n) is 9.73. The maximum atomic E-state index is 11.8. The van der Waals surface area contributed by atoms with Gasteiger partial charge in [-0.25, -0.2) is 0 Å². The molecule has 0 saturated carbocycles. The summed E-state index contributed by atoms with van der Waals surface area (Å²) in [6.07, 6.45) is -0.122. The molecule has 0 aromatic heterocycles. The van der Waals surface area contributed by atoms with E-state index in [0.29, 0.717) is 11.1 Å². The summed E-state index contributed by atoms with van der Waals surface area (Å²) in [6, 6.07) is 3.97. The molecular weight excluding hydrogens is 222 g/mol. The number of rotatable bonds is 4. The van der Waals surface area contributed by atoms with Crippen LogP contribution in [-0.4, -0.2) is 28.1 Å². The molecule has 0 spiro atoms. The summed E-state index contributed by atoms with van der Waals surface area (Å²) in [4.78, 5) is 22.2. The van der Waals surface area contributed by atoms with E-state index in [1.165, 1.54) is 18.2 Å². The summed E-state index contributed by atoms with van der Waals surface area (Å²) >= 11 is 0. The Kier molecular flexibility index (Phi) is 4.09. The summed E-state index contributed by atoms with van der Waals surface area (Å²) in [5, 5.41) is 20.4. The number of carboxylic acids is 1. The van der Waals surface area contributed by atoms with E-state index >= 15 is 0 Å². The number of carboxylic acid groups (broad SMARTS) is 1. The number of aryl methyl sites for hydroxylation is 1. The normalized spacial score (nSPS) is 11.9. The standard InChI is InChI=1S/C12H15NO4/c1-7-5-9(14)3-4-10(7)12(17)13-8(2)6-11(15)16/h3-5,8,14H,6H2,1-2H3,(H,13,17)(H,15,16). The SMILES string of the molecule is Cc1cc(O)ccc1C(=O)NC(C)CC(=O)O. The number of amides is 1. The van der Waals surface area contributed by atoms with Crippen LogP contribution in [0.15, 0.2) is 18.2 Å². The molecule has 0 heterocycles. The Hall–Kier alpha value is -2.04. The van der Waals surface area contributed by atoms with Crippen LogP contribution >= 0.6 is 0 Å². The zero-order valence-corrected chi connectivity index (χ0v) is 9.73. The lowest BCUT2D eigenvalue weighted by atomic mass is 10.1. The van der Waals surface area contributed by atoms with Crippen molar-refractivity contribution in [3.8, 4) is 5.75 Å². The lowest BCUT2D eigenvalue weighted by Crippen LogP contribution is -2.34. The third-order valence-electron chi connectivity index (χ3n) is 2.31. The topological polar surface area (TPSA) is 86.6 Å². The minimum Gasteiger partial charge on any atom is -0.508 e. The van der Waals surface area contributed by atoms with Gasteiger partial charge in [-0.3, -0.25) is 9.59 Å². The Balaban J connectivity index is 2.73. The number of hydrogen-bond acceptors (Lipinski definition) is 3. The van der Waals surface area contributed by atoms with Gasteiger partial charge in [-0.15, -0.1) is 0 Å². The number of benzene rings is 1. The van der Waals surface area contributed by atoms with Crippen molar-refractivity contribution in [3.05, 3.63) is 29.3 Å². The molecule has 17 heavy (non-hydrogen) atoms. The molecule has 1 aromatic rings. The maximum absolute atomic E-state index is 11.8. The molecule has 1 amide bonds. The first-order valence-electron chi connectivity index (χ1n) is 5.22. The fourth-order valence-corrected chi connectivity index (χ4v) is 1.52. The number of carbonyl (C=O) groups is 2. The van der Waals surface area contributed by atoms with Gasteiger partial charge in [0.15, 0.2) is 0 Å². The highest BCUT2D eigenvalue weighted by atomic mass is 16.4. The van der Waals surface area contributed by atoms with E-state index in [9.17, 15) is 14.7 Å². The minimum atomic E-state index is -0.958. The van der Waals surface area contributed by atoms with Crippen LogP contribution in [-0.2, 0) is 4.79 Å². The fraction of sp³-hybridized carbons (Fsp3) is 0.333. The van der Waals surface area contributed by atoms with Gasteiger partial charge in [0.1, 0.15) is 5.75 Å². The van der Waals surface area contributed by atoms with Crippen molar-refractivity contribution in [2.24, 2.45) is 0 Å². The zero-order chi connectivity index (χ0) is 13.0. The molecule has 0 aliphatic rings. The molecule has 0 fully saturated rings. The van der Waals surface area contributed by atoms with Crippen LogP contribution in [0, 0.1) is 6.92 Å². The lowest BCUT2D eigenvalue weighted by Gasteiger charge is -2.12. The highest BCUT2D eigenvalue weighted by Crippen LogP contribution is 2.15. The van der Waals surface area contributed by atoms with E-state index in [4.69, 9.17) is 5.11 Å². The first-order valence-corrected chi connectivity index (χ1v) is 5.22. The number of phenolic OH excluding ortho intramolecular Hbond substituents is 1. The Morgan fingerprint density at radius 1 is 1.41 bits per heavy atom. The summed E-state index contributed by atoms with van der Waals surface area (Å²) in [5.74, 6) is -1.20. The van der Waals surface area contributed by atoms with E-state index < -0.39 is 12.0 Å². The van der Waals surface area contributed by atoms with E-state index in [1.807, 2.05) is 0 Å². The third-order valence-corrected chi connectivity index (χ3v) is 2.31. The van der Waals surface area contributed by atoms with E-state index in [0.717, 1.165) is 0 Å². The van der Waals surface area contributed by atoms with Gasteiger partial charge >= 0.3 is 5.97 Å². The number of hydrogen-bond donors (Lipinski definition) is 3. The van der Waals surface area contributed by atoms with Crippen LogP contribution in [0.4, 0.5) is 0 Å². The summed E-state index contributed by atoms with van der Waals surface area (Å²) in [5.41, 5.74) is 1.07. The van der Waals surface area contributed by atoms with Gasteiger partial charge in [0.2, 0.25) is 0 Å². The highest BCUT2D eigenvalue weighted by molar-refractivity contribution is 5.96. The van der Waals surface area contributed by atoms with Crippen LogP contribution in [0.2, 0.25) is 0 Å². The van der Waals surface area contributed by atoms with Crippen LogP contribution < -0.4 is 5.32 Å². The first-order chi connectivity index (χ1) is 7.90. The van der Waals surface area contributed by atoms with Crippen molar-refractivity contribution in [2.75, 3.05) is 0 Å². The number of aliphatic carboxylic acids is 1. The van der Waals surface area contributed by atoms with Crippen molar-refractivity contribution in [1.29, 1.82) is 0 Å². The number of carbonyl (C=O) groups excluding carboxylic acids is 1. The molecule has 92 valence electrons. The molecular formula is C12H15NO4. The molecule has 1 atom stereocenters. The Morgan fingerprint density at radius 3 is 2.59 bits per heavy atom. The fourth-order valence-electron chi connectivity index (χ4n) is 1.52. The lowest BCUT2D eigenvalue weighted by molar-refractivity contribution is -0.137. The monoisotopic (exact) mass is 237 g/mol. The number of nitrogens with one attached hydrogen (secondary N) is 1. The molecule has 0 aliphatic carbocycles. The van der Waals surface area contributed by atoms with Crippen molar-refractivity contribution in [1.82, 2.24) is 5.32 Å². The van der Waals surface area contributed by atoms with Gasteiger partial charge in [-0.1, -0.05) is 0 Å². The predicted molar refractivity (Wildman–Crippen MR) is 62.0 cm³/mol. The van der Waals surface area contributed by atoms with Crippen molar-refractivity contribution < 1.29 is 19.8 Å². The summed E-state index contributed by atoms with van der Waals surface area (Å²) < 4.78 is 0. The Bertz CT molecular complexity index is 442. The first kappa shape index (κ1) is 13.0. The average molecular weight is 237 g/mol. The molecule has 0 aliphatic heterocycles. The van der Waals surface area contributed by atoms with Crippen LogP contribution in [0.5, 0.6) is 5.75 Å². The van der Waals surface area contributed by atoms with E-state index in [2.05, 4.69) is 5.32 Å². The van der Waals surface area contributed by atoms with Crippen LogP contribution in [0.3, 0.4) is 0 Å². The second-order valence-corrected chi connectivity index (χ2v) is 3.97. The molecule has 1 unspecified atom stereocenters. The molecule has 3 N–H and O–H groups in total. The number of aromatic hydroxyl groups is 1. The quantitative estimate of drug-likeness (QED) is 0.736. The average Bonchev–Trinajstić information content (AvgIpc) is 2.15. The second-order valence-electron chi connectivity index (χ2n) is 3.97. The van der Waals surface area contributed by atoms with Gasteiger partial charge in [0.05, 0.1) is 6.42 Å². The second kappa shape index (κ2) is 5.34. The largest absolute Gasteiger partial charge is 0.508 e. The third kappa shape index (κ3) is 3.79. The Morgan fingerprint density at radius 2 is 2.06 bits per heavy atom. The minimum absolute atomic E-state index is 0.0950. The van der Waals surface area contributed by atoms with Crippen molar-refractivity contribution in [3.63, 3.8) is 0 Å². The summed E-state index contributed by atoms with van der Waals surface area (Å²) in [7, 11) is 0. The van der Waals surface area contributed by atoms with Gasteiger partial charge in [0.25, 0.3) is 5.91 Å². The molecule has 5 heteroatoms. The maximum Gasteiger partial charge on any atom is 0.305 e. The van der Waals surface area contributed by atoms with E-state index in [1.54, 1.807) is 13.8 Å². The van der Waals surface area contributed by atoms with Gasteiger partial charge in [-0.2, -0.15) is 0 Å². The molecule has 0 saturated heterocycles. The van der Waals surface area contributed by atoms with Crippen molar-refractivity contribution >= 4 is 11.9 Å². The summed E-state index contributed by atoms with van der Waals surface area (Å²) in [6.45, 7) is 3.33. The van der Waals surface area contributed by atoms with Crippen LogP contribution in [0.1, 0.15) is 29.3 Å². The van der Waals surface area contributed by atoms with Gasteiger partial charge in [-0.05, 0) is 37.6 Å². The predicted octanol–water partition coefficient (Wildman–Crippen LogP) is 1.29. The molecule has 1 aromatic carbocycles. The van der Waals surface area contributed by atoms with Crippen molar-refractivity contribution in [2.45, 2.75) is 26.3 Å². The van der Waals surface area contributed by atoms with Gasteiger partial charge in [0, 0.05) is 11.6 Å². The molecule has 1 rings (SSSR count). The van der Waals surface area contributed by atoms with Gasteiger partial charge < -0.3 is 15.5 Å². The molecule has 0 radical (unpaired) electrons. The van der Waals surface area contributed by atoms with E-state index in [-0.39, 0.29) is 18.1 Å². The smallest absolute Gasteiger partial charge is 0.305 e. The molecule has 0 bridgehead atoms. The molecule has 5 nitrogen and oxygen atoms in total.